The molecule has 0 aromatic heterocycles. The van der Waals surface area contributed by atoms with Crippen LogP contribution >= 0.6 is 0 Å². The Hall–Kier alpha value is -2.37. The van der Waals surface area contributed by atoms with E-state index in [0.717, 1.165) is 4.90 Å². The maximum atomic E-state index is 12.3. The number of amides is 4. The summed E-state index contributed by atoms with van der Waals surface area (Å²) < 4.78 is 0. The van der Waals surface area contributed by atoms with Crippen LogP contribution in [0.2, 0.25) is 0 Å². The number of carbonyl (C=O) groups is 3. The normalized spacial score (nSPS) is 18.0. The topological polar surface area (TPSA) is 78.5 Å². The number of imide groups is 1. The summed E-state index contributed by atoms with van der Waals surface area (Å²) in [6, 6.07) is 7.72. The predicted octanol–water partition coefficient (Wildman–Crippen LogP) is 1.05. The smallest absolute Gasteiger partial charge is 0.325 e. The second-order valence-electron chi connectivity index (χ2n) is 5.42. The predicted molar refractivity (Wildman–Crippen MR) is 77.3 cm³/mol. The molecule has 2 N–H and O–H groups in total. The van der Waals surface area contributed by atoms with Crippen molar-refractivity contribution in [2.45, 2.75) is 19.9 Å². The Morgan fingerprint density at radius 3 is 2.57 bits per heavy atom. The van der Waals surface area contributed by atoms with Crippen LogP contribution in [-0.4, -0.2) is 35.8 Å². The molecule has 1 atom stereocenters. The Kier molecular flexibility index (Phi) is 4.57. The molecule has 1 aliphatic rings. The van der Waals surface area contributed by atoms with E-state index in [1.807, 2.05) is 19.9 Å². The molecule has 1 fully saturated rings. The first kappa shape index (κ1) is 15.0. The van der Waals surface area contributed by atoms with E-state index >= 15 is 0 Å². The first-order valence-electron chi connectivity index (χ1n) is 6.92. The molecule has 1 saturated heterocycles. The van der Waals surface area contributed by atoms with Gasteiger partial charge >= 0.3 is 6.03 Å². The van der Waals surface area contributed by atoms with Gasteiger partial charge in [0.1, 0.15) is 12.6 Å². The highest BCUT2D eigenvalue weighted by molar-refractivity contribution is 6.06. The first-order chi connectivity index (χ1) is 9.99. The minimum Gasteiger partial charge on any atom is -0.354 e. The third-order valence-electron chi connectivity index (χ3n) is 3.17. The summed E-state index contributed by atoms with van der Waals surface area (Å²) in [5.41, 5.74) is 0.709. The van der Waals surface area contributed by atoms with Crippen molar-refractivity contribution < 1.29 is 14.4 Å². The van der Waals surface area contributed by atoms with E-state index < -0.39 is 18.0 Å². The molecule has 6 heteroatoms. The SMILES string of the molecule is CC(C)CNC(=O)CN1C(=O)NC(c2ccccc2)C1=O. The van der Waals surface area contributed by atoms with Crippen molar-refractivity contribution in [2.75, 3.05) is 13.1 Å². The zero-order valence-electron chi connectivity index (χ0n) is 12.1. The van der Waals surface area contributed by atoms with E-state index in [-0.39, 0.29) is 12.5 Å². The fraction of sp³-hybridized carbons (Fsp3) is 0.400. The average molecular weight is 289 g/mol. The number of nitrogens with zero attached hydrogens (tertiary/aromatic N) is 1. The molecule has 112 valence electrons. The van der Waals surface area contributed by atoms with Gasteiger partial charge in [0.15, 0.2) is 0 Å². The van der Waals surface area contributed by atoms with Crippen molar-refractivity contribution in [3.05, 3.63) is 35.9 Å². The lowest BCUT2D eigenvalue weighted by Crippen LogP contribution is -2.41. The Bertz CT molecular complexity index is 542. The Morgan fingerprint density at radius 2 is 1.95 bits per heavy atom. The Labute approximate surface area is 123 Å². The second-order valence-corrected chi connectivity index (χ2v) is 5.42. The average Bonchev–Trinajstić information content (AvgIpc) is 2.74. The lowest BCUT2D eigenvalue weighted by Gasteiger charge is -2.14. The minimum atomic E-state index is -0.711. The van der Waals surface area contributed by atoms with Gasteiger partial charge in [-0.05, 0) is 11.5 Å². The molecular weight excluding hydrogens is 270 g/mol. The van der Waals surface area contributed by atoms with Crippen LogP contribution in [0.25, 0.3) is 0 Å². The van der Waals surface area contributed by atoms with Gasteiger partial charge in [-0.15, -0.1) is 0 Å². The molecule has 1 heterocycles. The zero-order valence-corrected chi connectivity index (χ0v) is 12.1. The van der Waals surface area contributed by atoms with Crippen molar-refractivity contribution >= 4 is 17.8 Å². The highest BCUT2D eigenvalue weighted by Crippen LogP contribution is 2.21. The number of urea groups is 1. The van der Waals surface area contributed by atoms with Gasteiger partial charge in [0.2, 0.25) is 5.91 Å². The van der Waals surface area contributed by atoms with Crippen LogP contribution in [0.3, 0.4) is 0 Å². The van der Waals surface area contributed by atoms with Crippen LogP contribution in [0.4, 0.5) is 4.79 Å². The zero-order chi connectivity index (χ0) is 15.4. The highest BCUT2D eigenvalue weighted by atomic mass is 16.2. The van der Waals surface area contributed by atoms with Crippen molar-refractivity contribution in [1.29, 1.82) is 0 Å². The van der Waals surface area contributed by atoms with E-state index in [2.05, 4.69) is 10.6 Å². The van der Waals surface area contributed by atoms with Crippen LogP contribution in [0.5, 0.6) is 0 Å². The maximum absolute atomic E-state index is 12.3. The van der Waals surface area contributed by atoms with Gasteiger partial charge in [0.25, 0.3) is 5.91 Å². The molecule has 0 spiro atoms. The van der Waals surface area contributed by atoms with Crippen LogP contribution in [0.1, 0.15) is 25.5 Å². The Morgan fingerprint density at radius 1 is 1.29 bits per heavy atom. The van der Waals surface area contributed by atoms with E-state index in [0.29, 0.717) is 18.0 Å². The maximum Gasteiger partial charge on any atom is 0.325 e. The lowest BCUT2D eigenvalue weighted by molar-refractivity contribution is -0.132. The van der Waals surface area contributed by atoms with Gasteiger partial charge in [-0.1, -0.05) is 44.2 Å². The highest BCUT2D eigenvalue weighted by Gasteiger charge is 2.39. The van der Waals surface area contributed by atoms with Crippen molar-refractivity contribution in [2.24, 2.45) is 5.92 Å². The molecule has 1 aromatic carbocycles. The number of carbonyl (C=O) groups excluding carboxylic acids is 3. The van der Waals surface area contributed by atoms with Crippen molar-refractivity contribution in [3.8, 4) is 0 Å². The lowest BCUT2D eigenvalue weighted by atomic mass is 10.1. The van der Waals surface area contributed by atoms with Crippen LogP contribution in [0.15, 0.2) is 30.3 Å². The number of rotatable bonds is 5. The molecule has 0 bridgehead atoms. The van der Waals surface area contributed by atoms with Crippen LogP contribution in [-0.2, 0) is 9.59 Å². The number of nitrogens with one attached hydrogen (secondary N) is 2. The van der Waals surface area contributed by atoms with Crippen LogP contribution in [0, 0.1) is 5.92 Å². The molecule has 4 amide bonds. The fourth-order valence-corrected chi connectivity index (χ4v) is 2.06. The monoisotopic (exact) mass is 289 g/mol. The van der Waals surface area contributed by atoms with Gasteiger partial charge < -0.3 is 10.6 Å². The molecule has 6 nitrogen and oxygen atoms in total. The second kappa shape index (κ2) is 6.39. The number of hydrogen-bond acceptors (Lipinski definition) is 3. The van der Waals surface area contributed by atoms with Gasteiger partial charge in [0, 0.05) is 6.54 Å². The molecule has 0 saturated carbocycles. The quantitative estimate of drug-likeness (QED) is 0.795. The fourth-order valence-electron chi connectivity index (χ4n) is 2.06. The minimum absolute atomic E-state index is 0.249. The molecule has 1 unspecified atom stereocenters. The molecule has 2 rings (SSSR count). The van der Waals surface area contributed by atoms with E-state index in [1.54, 1.807) is 24.3 Å². The summed E-state index contributed by atoms with van der Waals surface area (Å²) in [5.74, 6) is -0.416. The molecular formula is C15H19N3O3. The largest absolute Gasteiger partial charge is 0.354 e. The number of benzene rings is 1. The van der Waals surface area contributed by atoms with E-state index in [4.69, 9.17) is 0 Å². The first-order valence-corrected chi connectivity index (χ1v) is 6.92. The molecule has 0 radical (unpaired) electrons. The molecule has 1 aliphatic heterocycles. The van der Waals surface area contributed by atoms with Gasteiger partial charge in [-0.3, -0.25) is 14.5 Å². The summed E-state index contributed by atoms with van der Waals surface area (Å²) in [6.07, 6.45) is 0. The van der Waals surface area contributed by atoms with E-state index in [1.165, 1.54) is 0 Å². The van der Waals surface area contributed by atoms with E-state index in [9.17, 15) is 14.4 Å². The summed E-state index contributed by atoms with van der Waals surface area (Å²) >= 11 is 0. The molecule has 0 aliphatic carbocycles. The third-order valence-corrected chi connectivity index (χ3v) is 3.17. The summed E-state index contributed by atoms with van der Waals surface area (Å²) in [5, 5.41) is 5.29. The molecule has 1 aromatic rings. The van der Waals surface area contributed by atoms with Crippen molar-refractivity contribution in [1.82, 2.24) is 15.5 Å². The summed E-state index contributed by atoms with van der Waals surface area (Å²) in [4.78, 5) is 36.8. The van der Waals surface area contributed by atoms with Gasteiger partial charge in [0.05, 0.1) is 0 Å². The third kappa shape index (κ3) is 3.59. The molecule has 21 heavy (non-hydrogen) atoms. The Balaban J connectivity index is 2.00. The van der Waals surface area contributed by atoms with Crippen LogP contribution < -0.4 is 10.6 Å². The number of hydrogen-bond donors (Lipinski definition) is 2. The summed E-state index contributed by atoms with van der Waals surface area (Å²) in [6.45, 7) is 4.21. The van der Waals surface area contributed by atoms with Gasteiger partial charge in [-0.2, -0.15) is 0 Å². The van der Waals surface area contributed by atoms with Gasteiger partial charge in [-0.25, -0.2) is 4.79 Å². The standard InChI is InChI=1S/C15H19N3O3/c1-10(2)8-16-12(19)9-18-14(20)13(17-15(18)21)11-6-4-3-5-7-11/h3-7,10,13H,8-9H2,1-2H3,(H,16,19)(H,17,21). The van der Waals surface area contributed by atoms with Crippen molar-refractivity contribution in [3.63, 3.8) is 0 Å². The summed E-state index contributed by atoms with van der Waals surface area (Å²) in [7, 11) is 0.